The van der Waals surface area contributed by atoms with Gasteiger partial charge in [0.2, 0.25) is 11.6 Å². The Morgan fingerprint density at radius 3 is 3.05 bits per heavy atom. The zero-order valence-corrected chi connectivity index (χ0v) is 11.3. The monoisotopic (exact) mass is 257 g/mol. The molecular formula is C16H19NO2. The molecule has 0 aromatic carbocycles. The van der Waals surface area contributed by atoms with Crippen molar-refractivity contribution in [2.24, 2.45) is 17.8 Å². The minimum absolute atomic E-state index is 0.0253. The SMILES string of the molecule is C[C@@H]1C[C@H]2C(=O)C(=O)C3=CC=CN4CCC[C@@H]2[C@]34C1. The third-order valence-corrected chi connectivity index (χ3v) is 5.64. The van der Waals surface area contributed by atoms with E-state index in [1.165, 1.54) is 0 Å². The van der Waals surface area contributed by atoms with E-state index in [4.69, 9.17) is 0 Å². The Balaban J connectivity index is 1.94. The summed E-state index contributed by atoms with van der Waals surface area (Å²) in [6.45, 7) is 3.25. The highest BCUT2D eigenvalue weighted by Crippen LogP contribution is 2.56. The molecule has 4 aliphatic rings. The molecule has 0 aromatic heterocycles. The second-order valence-corrected chi connectivity index (χ2v) is 6.63. The summed E-state index contributed by atoms with van der Waals surface area (Å²) in [7, 11) is 0. The molecule has 0 N–H and O–H groups in total. The first-order chi connectivity index (χ1) is 9.14. The van der Waals surface area contributed by atoms with Gasteiger partial charge in [0.25, 0.3) is 0 Å². The van der Waals surface area contributed by atoms with Crippen molar-refractivity contribution in [1.29, 1.82) is 0 Å². The molecule has 1 spiro atoms. The summed E-state index contributed by atoms with van der Waals surface area (Å²) < 4.78 is 0. The fraction of sp³-hybridized carbons (Fsp3) is 0.625. The number of piperidine rings is 1. The third kappa shape index (κ3) is 1.24. The zero-order valence-electron chi connectivity index (χ0n) is 11.3. The van der Waals surface area contributed by atoms with Crippen LogP contribution in [0.1, 0.15) is 32.6 Å². The molecule has 19 heavy (non-hydrogen) atoms. The molecule has 0 radical (unpaired) electrons. The van der Waals surface area contributed by atoms with Gasteiger partial charge in [-0.3, -0.25) is 9.59 Å². The van der Waals surface area contributed by atoms with Gasteiger partial charge in [0.15, 0.2) is 0 Å². The molecule has 1 saturated heterocycles. The lowest BCUT2D eigenvalue weighted by Gasteiger charge is -2.61. The lowest BCUT2D eigenvalue weighted by molar-refractivity contribution is -0.150. The molecule has 3 fully saturated rings. The summed E-state index contributed by atoms with van der Waals surface area (Å²) in [6, 6.07) is 0. The van der Waals surface area contributed by atoms with Crippen LogP contribution in [-0.4, -0.2) is 28.6 Å². The Kier molecular flexibility index (Phi) is 2.16. The molecule has 2 bridgehead atoms. The molecule has 4 rings (SSSR count). The van der Waals surface area contributed by atoms with Crippen molar-refractivity contribution in [3.05, 3.63) is 23.9 Å². The van der Waals surface area contributed by atoms with Crippen LogP contribution >= 0.6 is 0 Å². The lowest BCUT2D eigenvalue weighted by atomic mass is 9.51. The van der Waals surface area contributed by atoms with Crippen LogP contribution in [0.5, 0.6) is 0 Å². The van der Waals surface area contributed by atoms with Gasteiger partial charge < -0.3 is 4.90 Å². The molecular weight excluding hydrogens is 238 g/mol. The number of nitrogens with zero attached hydrogens (tertiary/aromatic N) is 1. The smallest absolute Gasteiger partial charge is 0.227 e. The third-order valence-electron chi connectivity index (χ3n) is 5.64. The maximum absolute atomic E-state index is 12.4. The van der Waals surface area contributed by atoms with Gasteiger partial charge in [-0.25, -0.2) is 0 Å². The number of Topliss-reactive ketones (excluding diaryl/α,β-unsaturated/α-hetero) is 2. The van der Waals surface area contributed by atoms with E-state index in [-0.39, 0.29) is 23.0 Å². The molecule has 3 nitrogen and oxygen atoms in total. The fourth-order valence-electron chi connectivity index (χ4n) is 5.07. The van der Waals surface area contributed by atoms with Crippen LogP contribution in [0.25, 0.3) is 0 Å². The summed E-state index contributed by atoms with van der Waals surface area (Å²) in [5.74, 6) is 0.537. The number of rotatable bonds is 0. The van der Waals surface area contributed by atoms with Crippen molar-refractivity contribution >= 4 is 11.6 Å². The summed E-state index contributed by atoms with van der Waals surface area (Å²) in [5.41, 5.74) is 0.632. The highest BCUT2D eigenvalue weighted by Gasteiger charge is 2.62. The summed E-state index contributed by atoms with van der Waals surface area (Å²) in [4.78, 5) is 27.2. The van der Waals surface area contributed by atoms with E-state index in [1.54, 1.807) is 0 Å². The molecule has 100 valence electrons. The van der Waals surface area contributed by atoms with E-state index < -0.39 is 0 Å². The Morgan fingerprint density at radius 2 is 2.21 bits per heavy atom. The first-order valence-electron chi connectivity index (χ1n) is 7.39. The minimum Gasteiger partial charge on any atom is -0.367 e. The number of allylic oxidation sites excluding steroid dienone is 2. The Bertz CT molecular complexity index is 533. The van der Waals surface area contributed by atoms with Crippen LogP contribution in [0.2, 0.25) is 0 Å². The van der Waals surface area contributed by atoms with E-state index in [2.05, 4.69) is 18.0 Å². The van der Waals surface area contributed by atoms with Crippen LogP contribution in [0.4, 0.5) is 0 Å². The minimum atomic E-state index is -0.204. The van der Waals surface area contributed by atoms with E-state index in [0.29, 0.717) is 11.8 Å². The van der Waals surface area contributed by atoms with Gasteiger partial charge in [-0.15, -0.1) is 0 Å². The largest absolute Gasteiger partial charge is 0.367 e. The predicted molar refractivity (Wildman–Crippen MR) is 71.3 cm³/mol. The summed E-state index contributed by atoms with van der Waals surface area (Å²) in [5, 5.41) is 0. The molecule has 2 aliphatic carbocycles. The van der Waals surface area contributed by atoms with Gasteiger partial charge in [-0.1, -0.05) is 13.0 Å². The average Bonchev–Trinajstić information content (AvgIpc) is 2.40. The van der Waals surface area contributed by atoms with Crippen molar-refractivity contribution < 1.29 is 9.59 Å². The second-order valence-electron chi connectivity index (χ2n) is 6.63. The number of carbonyl (C=O) groups excluding carboxylic acids is 2. The van der Waals surface area contributed by atoms with Crippen LogP contribution in [0.3, 0.4) is 0 Å². The maximum atomic E-state index is 12.4. The topological polar surface area (TPSA) is 37.4 Å². The van der Waals surface area contributed by atoms with E-state index >= 15 is 0 Å². The van der Waals surface area contributed by atoms with Crippen molar-refractivity contribution in [2.45, 2.75) is 38.1 Å². The van der Waals surface area contributed by atoms with E-state index in [1.807, 2.05) is 12.2 Å². The van der Waals surface area contributed by atoms with Crippen LogP contribution in [0.15, 0.2) is 23.9 Å². The van der Waals surface area contributed by atoms with Gasteiger partial charge >= 0.3 is 0 Å². The van der Waals surface area contributed by atoms with Crippen molar-refractivity contribution in [2.75, 3.05) is 6.54 Å². The predicted octanol–water partition coefficient (Wildman–Crippen LogP) is 2.09. The number of ketones is 2. The van der Waals surface area contributed by atoms with Crippen LogP contribution in [0, 0.1) is 17.8 Å². The van der Waals surface area contributed by atoms with Gasteiger partial charge in [-0.05, 0) is 49.8 Å². The molecule has 2 saturated carbocycles. The lowest BCUT2D eigenvalue weighted by Crippen LogP contribution is -2.67. The quantitative estimate of drug-likeness (QED) is 0.624. The number of hydrogen-bond acceptors (Lipinski definition) is 3. The Labute approximate surface area is 113 Å². The van der Waals surface area contributed by atoms with Crippen molar-refractivity contribution in [3.63, 3.8) is 0 Å². The number of carbonyl (C=O) groups is 2. The Hall–Kier alpha value is -1.38. The molecule has 2 aliphatic heterocycles. The molecule has 0 aromatic rings. The second kappa shape index (κ2) is 3.59. The highest BCUT2D eigenvalue weighted by atomic mass is 16.2. The fourth-order valence-corrected chi connectivity index (χ4v) is 5.07. The first-order valence-corrected chi connectivity index (χ1v) is 7.39. The van der Waals surface area contributed by atoms with Crippen LogP contribution < -0.4 is 0 Å². The average molecular weight is 257 g/mol. The Morgan fingerprint density at radius 1 is 1.37 bits per heavy atom. The highest BCUT2D eigenvalue weighted by molar-refractivity contribution is 6.46. The van der Waals surface area contributed by atoms with Gasteiger partial charge in [-0.2, -0.15) is 0 Å². The zero-order chi connectivity index (χ0) is 13.2. The number of hydrogen-bond donors (Lipinski definition) is 0. The van der Waals surface area contributed by atoms with Gasteiger partial charge in [0, 0.05) is 18.0 Å². The molecule has 3 heteroatoms. The van der Waals surface area contributed by atoms with E-state index in [0.717, 1.165) is 37.8 Å². The van der Waals surface area contributed by atoms with Crippen LogP contribution in [-0.2, 0) is 9.59 Å². The molecule has 0 amide bonds. The van der Waals surface area contributed by atoms with Crippen molar-refractivity contribution in [3.8, 4) is 0 Å². The summed E-state index contributed by atoms with van der Waals surface area (Å²) in [6.07, 6.45) is 10.1. The molecule has 2 heterocycles. The normalized spacial score (nSPS) is 43.9. The van der Waals surface area contributed by atoms with Crippen molar-refractivity contribution in [1.82, 2.24) is 4.90 Å². The molecule has 0 unspecified atom stereocenters. The van der Waals surface area contributed by atoms with Gasteiger partial charge in [0.1, 0.15) is 0 Å². The standard InChI is InChI=1S/C16H19NO2/c1-10-8-11-12-4-2-6-17-7-3-5-13(15(19)14(11)18)16(12,17)9-10/h3,5,7,10-12H,2,4,6,8-9H2,1H3/t10-,11-,12+,16-/m1/s1. The summed E-state index contributed by atoms with van der Waals surface area (Å²) >= 11 is 0. The molecule has 4 atom stereocenters. The van der Waals surface area contributed by atoms with E-state index in [9.17, 15) is 9.59 Å². The maximum Gasteiger partial charge on any atom is 0.227 e. The van der Waals surface area contributed by atoms with Gasteiger partial charge in [0.05, 0.1) is 5.54 Å². The first kappa shape index (κ1) is 11.4.